The van der Waals surface area contributed by atoms with Crippen LogP contribution in [0, 0.1) is 5.92 Å². The molecule has 1 aliphatic rings. The second-order valence-corrected chi connectivity index (χ2v) is 7.32. The summed E-state index contributed by atoms with van der Waals surface area (Å²) in [7, 11) is -3.50. The first kappa shape index (κ1) is 14.5. The maximum absolute atomic E-state index is 12.7. The summed E-state index contributed by atoms with van der Waals surface area (Å²) in [6.45, 7) is 3.78. The molecule has 3 rings (SSSR count). The average molecular weight is 304 g/mol. The molecule has 5 heteroatoms. The van der Waals surface area contributed by atoms with Gasteiger partial charge in [-0.2, -0.15) is 0 Å². The van der Waals surface area contributed by atoms with Crippen LogP contribution in [-0.4, -0.2) is 27.5 Å². The maximum atomic E-state index is 12.7. The lowest BCUT2D eigenvalue weighted by Gasteiger charge is -2.20. The molecule has 112 valence electrons. The van der Waals surface area contributed by atoms with Gasteiger partial charge in [0.05, 0.1) is 4.90 Å². The van der Waals surface area contributed by atoms with Gasteiger partial charge in [0.2, 0.25) is 10.0 Å². The highest BCUT2D eigenvalue weighted by Gasteiger charge is 2.26. The maximum Gasteiger partial charge on any atom is 0.241 e. The molecule has 2 atom stereocenters. The fourth-order valence-electron chi connectivity index (χ4n) is 2.94. The summed E-state index contributed by atoms with van der Waals surface area (Å²) in [5.41, 5.74) is 0. The molecule has 2 N–H and O–H groups in total. The third-order valence-corrected chi connectivity index (χ3v) is 5.80. The van der Waals surface area contributed by atoms with Crippen LogP contribution >= 0.6 is 0 Å². The van der Waals surface area contributed by atoms with E-state index < -0.39 is 10.0 Å². The summed E-state index contributed by atoms with van der Waals surface area (Å²) in [4.78, 5) is 0.360. The lowest BCUT2D eigenvalue weighted by atomic mass is 10.0. The van der Waals surface area contributed by atoms with Crippen LogP contribution < -0.4 is 10.0 Å². The molecule has 1 fully saturated rings. The number of hydrogen-bond donors (Lipinski definition) is 2. The standard InChI is InChI=1S/C16H20N2O2S/c1-12(14-9-10-17-11-14)18-21(19,20)16-8-4-6-13-5-2-3-7-15(13)16/h2-8,12,14,17-18H,9-11H2,1H3. The summed E-state index contributed by atoms with van der Waals surface area (Å²) >= 11 is 0. The van der Waals surface area contributed by atoms with Crippen molar-refractivity contribution in [1.82, 2.24) is 10.0 Å². The van der Waals surface area contributed by atoms with E-state index in [1.807, 2.05) is 37.3 Å². The Hall–Kier alpha value is -1.43. The summed E-state index contributed by atoms with van der Waals surface area (Å²) in [6, 6.07) is 12.9. The molecule has 0 aliphatic carbocycles. The molecule has 21 heavy (non-hydrogen) atoms. The van der Waals surface area contributed by atoms with Crippen LogP contribution in [0.15, 0.2) is 47.4 Å². The van der Waals surface area contributed by atoms with Crippen LogP contribution in [0.2, 0.25) is 0 Å². The molecule has 0 saturated carbocycles. The van der Waals surface area contributed by atoms with Crippen molar-refractivity contribution in [3.63, 3.8) is 0 Å². The van der Waals surface area contributed by atoms with E-state index in [0.717, 1.165) is 30.3 Å². The van der Waals surface area contributed by atoms with Gasteiger partial charge in [-0.3, -0.25) is 0 Å². The van der Waals surface area contributed by atoms with E-state index in [-0.39, 0.29) is 6.04 Å². The predicted octanol–water partition coefficient (Wildman–Crippen LogP) is 2.12. The molecule has 1 aliphatic heterocycles. The van der Waals surface area contributed by atoms with Crippen LogP contribution in [0.1, 0.15) is 13.3 Å². The van der Waals surface area contributed by atoms with Gasteiger partial charge in [0.25, 0.3) is 0 Å². The van der Waals surface area contributed by atoms with Gasteiger partial charge in [-0.25, -0.2) is 13.1 Å². The quantitative estimate of drug-likeness (QED) is 0.909. The molecule has 1 heterocycles. The normalized spacial score (nSPS) is 20.7. The topological polar surface area (TPSA) is 58.2 Å². The van der Waals surface area contributed by atoms with Crippen molar-refractivity contribution in [3.8, 4) is 0 Å². The van der Waals surface area contributed by atoms with E-state index >= 15 is 0 Å². The van der Waals surface area contributed by atoms with Crippen molar-refractivity contribution in [1.29, 1.82) is 0 Å². The molecule has 1 saturated heterocycles. The Labute approximate surface area is 125 Å². The van der Waals surface area contributed by atoms with Crippen molar-refractivity contribution in [2.24, 2.45) is 5.92 Å². The Morgan fingerprint density at radius 3 is 2.71 bits per heavy atom. The Morgan fingerprint density at radius 2 is 1.95 bits per heavy atom. The summed E-state index contributed by atoms with van der Waals surface area (Å²) in [5.74, 6) is 0.356. The summed E-state index contributed by atoms with van der Waals surface area (Å²) < 4.78 is 28.2. The molecule has 0 radical (unpaired) electrons. The number of fused-ring (bicyclic) bond motifs is 1. The van der Waals surface area contributed by atoms with E-state index in [4.69, 9.17) is 0 Å². The lowest BCUT2D eigenvalue weighted by Crippen LogP contribution is -2.38. The van der Waals surface area contributed by atoms with Crippen LogP contribution in [0.25, 0.3) is 10.8 Å². The Morgan fingerprint density at radius 1 is 1.19 bits per heavy atom. The minimum Gasteiger partial charge on any atom is -0.316 e. The zero-order valence-electron chi connectivity index (χ0n) is 12.0. The number of rotatable bonds is 4. The van der Waals surface area contributed by atoms with Gasteiger partial charge in [-0.05, 0) is 43.8 Å². The van der Waals surface area contributed by atoms with E-state index in [1.165, 1.54) is 0 Å². The molecule has 0 bridgehead atoms. The summed E-state index contributed by atoms with van der Waals surface area (Å²) in [6.07, 6.45) is 1.01. The molecule has 2 unspecified atom stereocenters. The first-order chi connectivity index (χ1) is 10.1. The predicted molar refractivity (Wildman–Crippen MR) is 84.7 cm³/mol. The van der Waals surface area contributed by atoms with Gasteiger partial charge < -0.3 is 5.32 Å². The number of nitrogens with one attached hydrogen (secondary N) is 2. The van der Waals surface area contributed by atoms with Crippen molar-refractivity contribution in [2.75, 3.05) is 13.1 Å². The fraction of sp³-hybridized carbons (Fsp3) is 0.375. The van der Waals surface area contributed by atoms with E-state index in [0.29, 0.717) is 10.8 Å². The molecule has 2 aromatic rings. The van der Waals surface area contributed by atoms with Gasteiger partial charge in [0, 0.05) is 11.4 Å². The van der Waals surface area contributed by atoms with Crippen molar-refractivity contribution in [3.05, 3.63) is 42.5 Å². The van der Waals surface area contributed by atoms with E-state index in [2.05, 4.69) is 10.0 Å². The smallest absolute Gasteiger partial charge is 0.241 e. The average Bonchev–Trinajstić information content (AvgIpc) is 3.00. The zero-order chi connectivity index (χ0) is 14.9. The molecule has 0 amide bonds. The van der Waals surface area contributed by atoms with E-state index in [9.17, 15) is 8.42 Å². The highest BCUT2D eigenvalue weighted by atomic mass is 32.2. The molecular formula is C16H20N2O2S. The Kier molecular flexibility index (Phi) is 3.97. The number of hydrogen-bond acceptors (Lipinski definition) is 3. The van der Waals surface area contributed by atoms with Crippen molar-refractivity contribution >= 4 is 20.8 Å². The highest BCUT2D eigenvalue weighted by Crippen LogP contribution is 2.23. The monoisotopic (exact) mass is 304 g/mol. The van der Waals surface area contributed by atoms with Crippen LogP contribution in [0.4, 0.5) is 0 Å². The van der Waals surface area contributed by atoms with Crippen molar-refractivity contribution in [2.45, 2.75) is 24.3 Å². The molecule has 0 aromatic heterocycles. The largest absolute Gasteiger partial charge is 0.316 e. The van der Waals surface area contributed by atoms with Crippen LogP contribution in [0.3, 0.4) is 0 Å². The SMILES string of the molecule is CC(NS(=O)(=O)c1cccc2ccccc12)C1CCNC1. The van der Waals surface area contributed by atoms with Crippen LogP contribution in [0.5, 0.6) is 0 Å². The van der Waals surface area contributed by atoms with Crippen molar-refractivity contribution < 1.29 is 8.42 Å². The third-order valence-electron chi connectivity index (χ3n) is 4.19. The second-order valence-electron chi connectivity index (χ2n) is 5.64. The first-order valence-corrected chi connectivity index (χ1v) is 8.77. The highest BCUT2D eigenvalue weighted by molar-refractivity contribution is 7.89. The van der Waals surface area contributed by atoms with Gasteiger partial charge in [-0.15, -0.1) is 0 Å². The number of benzene rings is 2. The molecule has 4 nitrogen and oxygen atoms in total. The minimum absolute atomic E-state index is 0.0658. The lowest BCUT2D eigenvalue weighted by molar-refractivity contribution is 0.444. The zero-order valence-corrected chi connectivity index (χ0v) is 12.9. The second kappa shape index (κ2) is 5.75. The van der Waals surface area contributed by atoms with Gasteiger partial charge in [0.1, 0.15) is 0 Å². The number of sulfonamides is 1. The molecule has 2 aromatic carbocycles. The third kappa shape index (κ3) is 2.95. The van der Waals surface area contributed by atoms with Gasteiger partial charge in [0.15, 0.2) is 0 Å². The van der Waals surface area contributed by atoms with E-state index in [1.54, 1.807) is 12.1 Å². The first-order valence-electron chi connectivity index (χ1n) is 7.29. The summed E-state index contributed by atoms with van der Waals surface area (Å²) in [5, 5.41) is 4.98. The molecule has 0 spiro atoms. The Balaban J connectivity index is 1.93. The molecular weight excluding hydrogens is 284 g/mol. The fourth-order valence-corrected chi connectivity index (χ4v) is 4.48. The van der Waals surface area contributed by atoms with Crippen LogP contribution in [-0.2, 0) is 10.0 Å². The van der Waals surface area contributed by atoms with Gasteiger partial charge in [-0.1, -0.05) is 36.4 Å². The Bertz CT molecular complexity index is 732. The minimum atomic E-state index is -3.50. The van der Waals surface area contributed by atoms with Gasteiger partial charge >= 0.3 is 0 Å².